The van der Waals surface area contributed by atoms with Crippen LogP contribution in [0.3, 0.4) is 0 Å². The summed E-state index contributed by atoms with van der Waals surface area (Å²) in [6.07, 6.45) is -0.463. The van der Waals surface area contributed by atoms with Crippen molar-refractivity contribution >= 4 is 23.8 Å². The van der Waals surface area contributed by atoms with Crippen molar-refractivity contribution in [3.05, 3.63) is 0 Å². The van der Waals surface area contributed by atoms with Gasteiger partial charge in [0.15, 0.2) is 5.37 Å². The number of rotatable bonds is 2. The van der Waals surface area contributed by atoms with Crippen molar-refractivity contribution in [2.24, 2.45) is 0 Å². The van der Waals surface area contributed by atoms with Crippen LogP contribution in [0.1, 0.15) is 20.8 Å². The second-order valence-electron chi connectivity index (χ2n) is 4.92. The zero-order valence-corrected chi connectivity index (χ0v) is 12.2. The minimum Gasteiger partial charge on any atom is -0.444 e. The third kappa shape index (κ3) is 3.78. The van der Waals surface area contributed by atoms with E-state index in [1.165, 1.54) is 30.8 Å². The van der Waals surface area contributed by atoms with Crippen LogP contribution in [0.2, 0.25) is 0 Å². The molecule has 104 valence electrons. The molecule has 0 bridgehead atoms. The Balaban J connectivity index is 2.70. The van der Waals surface area contributed by atoms with Crippen LogP contribution in [-0.4, -0.2) is 59.4 Å². The molecule has 0 saturated carbocycles. The third-order valence-corrected chi connectivity index (χ3v) is 3.50. The van der Waals surface area contributed by atoms with E-state index >= 15 is 0 Å². The van der Waals surface area contributed by atoms with Gasteiger partial charge in [0.05, 0.1) is 7.11 Å². The van der Waals surface area contributed by atoms with Crippen molar-refractivity contribution in [1.82, 2.24) is 9.96 Å². The molecule has 0 N–H and O–H groups in total. The Hall–Kier alpha value is -0.950. The van der Waals surface area contributed by atoms with Crippen molar-refractivity contribution < 1.29 is 19.2 Å². The van der Waals surface area contributed by atoms with E-state index in [2.05, 4.69) is 0 Å². The Labute approximate surface area is 112 Å². The second-order valence-corrected chi connectivity index (χ2v) is 6.10. The van der Waals surface area contributed by atoms with Crippen LogP contribution in [0.4, 0.5) is 4.79 Å². The molecule has 0 aliphatic carbocycles. The van der Waals surface area contributed by atoms with E-state index in [-0.39, 0.29) is 5.91 Å². The molecule has 1 aliphatic rings. The lowest BCUT2D eigenvalue weighted by Crippen LogP contribution is -2.46. The van der Waals surface area contributed by atoms with Crippen LogP contribution in [0.25, 0.3) is 0 Å². The van der Waals surface area contributed by atoms with Crippen molar-refractivity contribution in [2.45, 2.75) is 31.7 Å². The molecule has 6 nitrogen and oxygen atoms in total. The third-order valence-electron chi connectivity index (χ3n) is 2.31. The number of ether oxygens (including phenoxy) is 1. The van der Waals surface area contributed by atoms with Crippen molar-refractivity contribution in [3.8, 4) is 0 Å². The number of nitrogens with zero attached hydrogens (tertiary/aromatic N) is 2. The molecule has 1 unspecified atom stereocenters. The molecule has 1 aliphatic heterocycles. The van der Waals surface area contributed by atoms with Gasteiger partial charge in [0, 0.05) is 19.3 Å². The van der Waals surface area contributed by atoms with Crippen LogP contribution in [-0.2, 0) is 14.4 Å². The summed E-state index contributed by atoms with van der Waals surface area (Å²) in [7, 11) is 2.93. The highest BCUT2D eigenvalue weighted by Gasteiger charge is 2.38. The van der Waals surface area contributed by atoms with Gasteiger partial charge in [-0.3, -0.25) is 14.5 Å². The Morgan fingerprint density at radius 2 is 2.00 bits per heavy atom. The lowest BCUT2D eigenvalue weighted by Gasteiger charge is -2.28. The van der Waals surface area contributed by atoms with Gasteiger partial charge in [-0.05, 0) is 20.8 Å². The Morgan fingerprint density at radius 3 is 2.50 bits per heavy atom. The number of likely N-dealkylation sites (N-methyl/N-ethyl adjacent to an activating group) is 1. The minimum absolute atomic E-state index is 0.258. The van der Waals surface area contributed by atoms with Crippen LogP contribution < -0.4 is 0 Å². The standard InChI is InChI=1S/C11H20N2O4S/c1-11(2,3)17-10(15)13-6-7-18-9(13)8(14)12(4)16-5/h9H,6-7H2,1-5H3. The zero-order valence-electron chi connectivity index (χ0n) is 11.4. The summed E-state index contributed by atoms with van der Waals surface area (Å²) in [4.78, 5) is 30.2. The topological polar surface area (TPSA) is 59.1 Å². The van der Waals surface area contributed by atoms with Crippen molar-refractivity contribution in [1.29, 1.82) is 0 Å². The molecule has 2 amide bonds. The number of hydroxylamine groups is 2. The van der Waals surface area contributed by atoms with Gasteiger partial charge in [0.2, 0.25) is 0 Å². The van der Waals surface area contributed by atoms with Crippen LogP contribution >= 0.6 is 11.8 Å². The molecule has 1 rings (SSSR count). The van der Waals surface area contributed by atoms with Crippen LogP contribution in [0.15, 0.2) is 0 Å². The fourth-order valence-electron chi connectivity index (χ4n) is 1.43. The van der Waals surface area contributed by atoms with Gasteiger partial charge in [-0.2, -0.15) is 0 Å². The lowest BCUT2D eigenvalue weighted by molar-refractivity contribution is -0.170. The summed E-state index contributed by atoms with van der Waals surface area (Å²) in [5, 5.41) is 0.560. The highest BCUT2D eigenvalue weighted by molar-refractivity contribution is 8.00. The lowest BCUT2D eigenvalue weighted by atomic mass is 10.2. The number of carbonyl (C=O) groups is 2. The predicted octanol–water partition coefficient (Wildman–Crippen LogP) is 1.32. The SMILES string of the molecule is CON(C)C(=O)C1SCCN1C(=O)OC(C)(C)C. The highest BCUT2D eigenvalue weighted by atomic mass is 32.2. The molecule has 0 aromatic rings. The Kier molecular flexibility index (Phi) is 4.86. The summed E-state index contributed by atoms with van der Waals surface area (Å²) in [6, 6.07) is 0. The summed E-state index contributed by atoms with van der Waals surface area (Å²) in [6.45, 7) is 5.90. The molecule has 1 fully saturated rings. The first-order valence-corrected chi connectivity index (χ1v) is 6.74. The first-order chi connectivity index (χ1) is 8.26. The monoisotopic (exact) mass is 276 g/mol. The van der Waals surface area contributed by atoms with Crippen LogP contribution in [0.5, 0.6) is 0 Å². The molecule has 1 heterocycles. The van der Waals surface area contributed by atoms with Gasteiger partial charge in [-0.15, -0.1) is 11.8 Å². The van der Waals surface area contributed by atoms with E-state index in [0.29, 0.717) is 12.3 Å². The molecule has 0 spiro atoms. The minimum atomic E-state index is -0.565. The van der Waals surface area contributed by atoms with E-state index in [4.69, 9.17) is 9.57 Å². The molecule has 1 atom stereocenters. The number of hydrogen-bond donors (Lipinski definition) is 0. The van der Waals surface area contributed by atoms with Gasteiger partial charge in [0.1, 0.15) is 5.60 Å². The quantitative estimate of drug-likeness (QED) is 0.712. The molecule has 1 saturated heterocycles. The van der Waals surface area contributed by atoms with E-state index in [1.54, 1.807) is 20.8 Å². The first kappa shape index (κ1) is 15.1. The maximum Gasteiger partial charge on any atom is 0.411 e. The Bertz CT molecular complexity index is 329. The van der Waals surface area contributed by atoms with Gasteiger partial charge >= 0.3 is 6.09 Å². The van der Waals surface area contributed by atoms with Gasteiger partial charge < -0.3 is 4.74 Å². The molecule has 0 radical (unpaired) electrons. The second kappa shape index (κ2) is 5.79. The molecule has 0 aromatic carbocycles. The average molecular weight is 276 g/mol. The van der Waals surface area contributed by atoms with Gasteiger partial charge in [0.25, 0.3) is 5.91 Å². The van der Waals surface area contributed by atoms with Gasteiger partial charge in [-0.25, -0.2) is 9.86 Å². The number of thioether (sulfide) groups is 1. The molecule has 18 heavy (non-hydrogen) atoms. The molecule has 7 heteroatoms. The summed E-state index contributed by atoms with van der Waals surface area (Å²) in [5.74, 6) is 0.457. The average Bonchev–Trinajstić information content (AvgIpc) is 2.73. The van der Waals surface area contributed by atoms with E-state index in [0.717, 1.165) is 5.06 Å². The fourth-order valence-corrected chi connectivity index (χ4v) is 2.62. The Morgan fingerprint density at radius 1 is 1.39 bits per heavy atom. The smallest absolute Gasteiger partial charge is 0.411 e. The van der Waals surface area contributed by atoms with Gasteiger partial charge in [-0.1, -0.05) is 0 Å². The van der Waals surface area contributed by atoms with E-state index in [9.17, 15) is 9.59 Å². The largest absolute Gasteiger partial charge is 0.444 e. The predicted molar refractivity (Wildman–Crippen MR) is 69.0 cm³/mol. The summed E-state index contributed by atoms with van der Waals surface area (Å²) < 4.78 is 5.28. The fraction of sp³-hybridized carbons (Fsp3) is 0.818. The molecular formula is C11H20N2O4S. The zero-order chi connectivity index (χ0) is 13.9. The number of carbonyl (C=O) groups excluding carboxylic acids is 2. The maximum atomic E-state index is 12.0. The van der Waals surface area contributed by atoms with Crippen molar-refractivity contribution in [2.75, 3.05) is 26.5 Å². The highest BCUT2D eigenvalue weighted by Crippen LogP contribution is 2.27. The van der Waals surface area contributed by atoms with Crippen molar-refractivity contribution in [3.63, 3.8) is 0 Å². The maximum absolute atomic E-state index is 12.0. The van der Waals surface area contributed by atoms with E-state index in [1.807, 2.05) is 0 Å². The summed E-state index contributed by atoms with van der Waals surface area (Å²) in [5.41, 5.74) is -0.564. The normalized spacial score (nSPS) is 19.8. The molecular weight excluding hydrogens is 256 g/mol. The first-order valence-electron chi connectivity index (χ1n) is 5.69. The molecule has 0 aromatic heterocycles. The van der Waals surface area contributed by atoms with E-state index < -0.39 is 17.1 Å². The summed E-state index contributed by atoms with van der Waals surface area (Å²) >= 11 is 1.41. The van der Waals surface area contributed by atoms with Crippen LogP contribution in [0, 0.1) is 0 Å². The number of amides is 2. The number of hydrogen-bond acceptors (Lipinski definition) is 5.